The molecule has 44 heavy (non-hydrogen) atoms. The molecule has 0 bridgehead atoms. The summed E-state index contributed by atoms with van der Waals surface area (Å²) in [7, 11) is 1.28. The van der Waals surface area contributed by atoms with Crippen molar-refractivity contribution in [3.8, 4) is 0 Å². The quantitative estimate of drug-likeness (QED) is 0.403. The number of halogens is 5. The standard InChI is InChI=1S/C29H29F5N6O4/c1-36-24-23(25(41)39(28(36)43)16-18-4-8-21(31)9-5-18)38(12-10-17-2-6-20(30)7-3-17)27(40(24)44-26(42)29(32,33)34)37-13-11-19-14-35-15-22(19)37/h2-9,19,22,27,35H,10-16H2,1H3. The molecule has 3 unspecified atom stereocenters. The molecule has 6 rings (SSSR count). The number of carbonyl (C=O) groups is 1. The Kier molecular flexibility index (Phi) is 7.70. The van der Waals surface area contributed by atoms with Crippen molar-refractivity contribution in [2.24, 2.45) is 13.0 Å². The Bertz CT molecular complexity index is 1670. The van der Waals surface area contributed by atoms with Gasteiger partial charge in [-0.2, -0.15) is 13.2 Å². The van der Waals surface area contributed by atoms with E-state index in [1.165, 1.54) is 43.4 Å². The molecule has 1 aromatic heterocycles. The molecule has 0 amide bonds. The largest absolute Gasteiger partial charge is 0.493 e. The second-order valence-electron chi connectivity index (χ2n) is 11.2. The summed E-state index contributed by atoms with van der Waals surface area (Å²) in [6.07, 6.45) is -5.58. The molecule has 3 aliphatic rings. The summed E-state index contributed by atoms with van der Waals surface area (Å²) in [4.78, 5) is 48.4. The van der Waals surface area contributed by atoms with Crippen LogP contribution in [0.4, 0.5) is 33.5 Å². The second-order valence-corrected chi connectivity index (χ2v) is 11.2. The molecule has 1 N–H and O–H groups in total. The van der Waals surface area contributed by atoms with E-state index in [1.54, 1.807) is 17.0 Å². The number of nitrogens with one attached hydrogen (secondary N) is 1. The van der Waals surface area contributed by atoms with E-state index < -0.39 is 41.3 Å². The third kappa shape index (κ3) is 5.34. The van der Waals surface area contributed by atoms with Gasteiger partial charge in [-0.15, -0.1) is 5.06 Å². The number of hydroxylamine groups is 1. The maximum atomic E-state index is 14.2. The molecule has 4 heterocycles. The molecule has 0 aliphatic carbocycles. The zero-order valence-electron chi connectivity index (χ0n) is 23.6. The Morgan fingerprint density at radius 1 is 0.977 bits per heavy atom. The molecule has 3 aliphatic heterocycles. The average molecular weight is 621 g/mol. The van der Waals surface area contributed by atoms with E-state index in [4.69, 9.17) is 4.84 Å². The number of likely N-dealkylation sites (tertiary alicyclic amines) is 1. The summed E-state index contributed by atoms with van der Waals surface area (Å²) in [5.41, 5.74) is -0.686. The molecule has 3 aromatic rings. The Morgan fingerprint density at radius 3 is 2.25 bits per heavy atom. The zero-order chi connectivity index (χ0) is 31.3. The first-order chi connectivity index (χ1) is 20.9. The first-order valence-corrected chi connectivity index (χ1v) is 14.1. The first-order valence-electron chi connectivity index (χ1n) is 14.1. The Morgan fingerprint density at radius 2 is 1.61 bits per heavy atom. The fraction of sp³-hybridized carbons (Fsp3) is 0.414. The van der Waals surface area contributed by atoms with Gasteiger partial charge in [-0.25, -0.2) is 18.4 Å². The summed E-state index contributed by atoms with van der Waals surface area (Å²) >= 11 is 0. The molecular formula is C29H29F5N6O4. The van der Waals surface area contributed by atoms with E-state index in [2.05, 4.69) is 5.32 Å². The highest BCUT2D eigenvalue weighted by molar-refractivity contribution is 5.80. The highest BCUT2D eigenvalue weighted by Crippen LogP contribution is 2.42. The maximum Gasteiger partial charge on any atom is 0.493 e. The monoisotopic (exact) mass is 620 g/mol. The van der Waals surface area contributed by atoms with Crippen molar-refractivity contribution in [3.63, 3.8) is 0 Å². The molecule has 15 heteroatoms. The van der Waals surface area contributed by atoms with E-state index in [-0.39, 0.29) is 43.0 Å². The van der Waals surface area contributed by atoms with Crippen LogP contribution in [0.15, 0.2) is 58.1 Å². The van der Waals surface area contributed by atoms with Crippen LogP contribution in [0.5, 0.6) is 0 Å². The highest BCUT2D eigenvalue weighted by atomic mass is 19.4. The van der Waals surface area contributed by atoms with Gasteiger partial charge in [0.2, 0.25) is 0 Å². The van der Waals surface area contributed by atoms with Gasteiger partial charge in [0.1, 0.15) is 11.6 Å². The fourth-order valence-electron chi connectivity index (χ4n) is 6.35. The highest BCUT2D eigenvalue weighted by Gasteiger charge is 2.54. The van der Waals surface area contributed by atoms with Gasteiger partial charge in [-0.1, -0.05) is 24.3 Å². The summed E-state index contributed by atoms with van der Waals surface area (Å²) in [6.45, 7) is 1.46. The van der Waals surface area contributed by atoms with Crippen molar-refractivity contribution in [3.05, 3.63) is 92.1 Å². The van der Waals surface area contributed by atoms with Crippen molar-refractivity contribution in [2.45, 2.75) is 37.9 Å². The molecule has 10 nitrogen and oxygen atoms in total. The average Bonchev–Trinajstić information content (AvgIpc) is 3.68. The van der Waals surface area contributed by atoms with E-state index >= 15 is 0 Å². The third-order valence-electron chi connectivity index (χ3n) is 8.49. The molecule has 2 aromatic carbocycles. The van der Waals surface area contributed by atoms with Gasteiger partial charge in [0.15, 0.2) is 17.8 Å². The number of hydrogen-bond acceptors (Lipinski definition) is 8. The maximum absolute atomic E-state index is 14.2. The van der Waals surface area contributed by atoms with Gasteiger partial charge in [0, 0.05) is 32.7 Å². The number of benzene rings is 2. The number of nitrogens with zero attached hydrogens (tertiary/aromatic N) is 5. The van der Waals surface area contributed by atoms with E-state index in [0.29, 0.717) is 37.2 Å². The fourth-order valence-corrected chi connectivity index (χ4v) is 6.35. The lowest BCUT2D eigenvalue weighted by atomic mass is 10.1. The van der Waals surface area contributed by atoms with Gasteiger partial charge in [-0.3, -0.25) is 18.8 Å². The van der Waals surface area contributed by atoms with Crippen molar-refractivity contribution >= 4 is 17.5 Å². The molecular weight excluding hydrogens is 591 g/mol. The zero-order valence-corrected chi connectivity index (χ0v) is 23.6. The van der Waals surface area contributed by atoms with Crippen molar-refractivity contribution in [1.82, 2.24) is 19.4 Å². The minimum Gasteiger partial charge on any atom is -0.328 e. The summed E-state index contributed by atoms with van der Waals surface area (Å²) in [6, 6.07) is 10.7. The van der Waals surface area contributed by atoms with Gasteiger partial charge >= 0.3 is 17.8 Å². The lowest BCUT2D eigenvalue weighted by Crippen LogP contribution is -2.59. The number of carbonyl (C=O) groups excluding carboxylic acids is 1. The van der Waals surface area contributed by atoms with Crippen LogP contribution in [0.2, 0.25) is 0 Å². The number of anilines is 2. The van der Waals surface area contributed by atoms with E-state index in [9.17, 15) is 36.3 Å². The predicted octanol–water partition coefficient (Wildman–Crippen LogP) is 2.34. The summed E-state index contributed by atoms with van der Waals surface area (Å²) < 4.78 is 69.7. The predicted molar refractivity (Wildman–Crippen MR) is 149 cm³/mol. The van der Waals surface area contributed by atoms with E-state index in [1.807, 2.05) is 4.90 Å². The van der Waals surface area contributed by atoms with Gasteiger partial charge in [0.25, 0.3) is 5.56 Å². The van der Waals surface area contributed by atoms with Gasteiger partial charge in [-0.05, 0) is 60.7 Å². The number of alkyl halides is 3. The molecule has 2 saturated heterocycles. The van der Waals surface area contributed by atoms with Crippen molar-refractivity contribution < 1.29 is 31.6 Å². The van der Waals surface area contributed by atoms with Crippen LogP contribution in [0.3, 0.4) is 0 Å². The normalized spacial score (nSPS) is 21.5. The van der Waals surface area contributed by atoms with Crippen LogP contribution >= 0.6 is 0 Å². The molecule has 234 valence electrons. The number of fused-ring (bicyclic) bond motifs is 2. The molecule has 0 radical (unpaired) electrons. The first kappa shape index (κ1) is 29.8. The second kappa shape index (κ2) is 11.4. The van der Waals surface area contributed by atoms with Crippen LogP contribution in [0, 0.1) is 17.6 Å². The Hall–Kier alpha value is -4.24. The van der Waals surface area contributed by atoms with Crippen LogP contribution < -0.4 is 26.5 Å². The smallest absolute Gasteiger partial charge is 0.328 e. The lowest BCUT2D eigenvalue weighted by molar-refractivity contribution is -0.203. The van der Waals surface area contributed by atoms with Crippen molar-refractivity contribution in [1.29, 1.82) is 0 Å². The van der Waals surface area contributed by atoms with Crippen LogP contribution in [0.25, 0.3) is 0 Å². The number of hydrogen-bond donors (Lipinski definition) is 1. The van der Waals surface area contributed by atoms with Gasteiger partial charge in [0.05, 0.1) is 6.54 Å². The lowest BCUT2D eigenvalue weighted by Gasteiger charge is -2.39. The minimum absolute atomic E-state index is 0.0503. The van der Waals surface area contributed by atoms with Crippen LogP contribution in [-0.4, -0.2) is 64.7 Å². The number of rotatable bonds is 7. The Labute approximate surface area is 247 Å². The van der Waals surface area contributed by atoms with Crippen LogP contribution in [-0.2, 0) is 29.6 Å². The summed E-state index contributed by atoms with van der Waals surface area (Å²) in [5, 5.41) is 4.00. The van der Waals surface area contributed by atoms with Gasteiger partial charge < -0.3 is 15.1 Å². The minimum atomic E-state index is -5.36. The van der Waals surface area contributed by atoms with Crippen molar-refractivity contribution in [2.75, 3.05) is 36.1 Å². The molecule has 0 saturated carbocycles. The van der Waals surface area contributed by atoms with E-state index in [0.717, 1.165) is 14.2 Å². The number of aromatic nitrogens is 2. The van der Waals surface area contributed by atoms with Crippen LogP contribution in [0.1, 0.15) is 17.5 Å². The summed E-state index contributed by atoms with van der Waals surface area (Å²) in [5.74, 6) is -3.58. The molecule has 2 fully saturated rings. The third-order valence-corrected chi connectivity index (χ3v) is 8.49. The SMILES string of the molecule is Cn1c2c(c(=O)n(Cc3ccc(F)cc3)c1=O)N(CCc1ccc(F)cc1)C(N1CCC3CNCC31)N2OC(=O)C(F)(F)F. The topological polar surface area (TPSA) is 92.1 Å². The Balaban J connectivity index is 1.50. The molecule has 3 atom stereocenters. The molecule has 0 spiro atoms.